The molecular weight excluding hydrogens is 227 g/mol. The van der Waals surface area contributed by atoms with Crippen molar-refractivity contribution in [3.8, 4) is 0 Å². The molecule has 0 aliphatic heterocycles. The SMILES string of the molecule is CNc1ncc(F)c(NCc2noc(C)n2)n1. The quantitative estimate of drug-likeness (QED) is 0.820. The van der Waals surface area contributed by atoms with Crippen LogP contribution in [0.5, 0.6) is 0 Å². The normalized spacial score (nSPS) is 10.3. The fraction of sp³-hybridized carbons (Fsp3) is 0.333. The van der Waals surface area contributed by atoms with Gasteiger partial charge in [0, 0.05) is 14.0 Å². The highest BCUT2D eigenvalue weighted by atomic mass is 19.1. The van der Waals surface area contributed by atoms with E-state index in [4.69, 9.17) is 4.52 Å². The zero-order valence-corrected chi connectivity index (χ0v) is 9.36. The first kappa shape index (κ1) is 11.2. The number of halogens is 1. The maximum absolute atomic E-state index is 13.3. The molecule has 0 fully saturated rings. The minimum absolute atomic E-state index is 0.0896. The summed E-state index contributed by atoms with van der Waals surface area (Å²) in [5.41, 5.74) is 0. The van der Waals surface area contributed by atoms with Crippen molar-refractivity contribution < 1.29 is 8.91 Å². The molecule has 2 aromatic rings. The van der Waals surface area contributed by atoms with E-state index in [1.165, 1.54) is 0 Å². The summed E-state index contributed by atoms with van der Waals surface area (Å²) in [6, 6.07) is 0. The second-order valence-corrected chi connectivity index (χ2v) is 3.22. The van der Waals surface area contributed by atoms with Crippen molar-refractivity contribution in [2.45, 2.75) is 13.5 Å². The largest absolute Gasteiger partial charge is 0.360 e. The Labute approximate surface area is 96.5 Å². The zero-order valence-electron chi connectivity index (χ0n) is 9.36. The second-order valence-electron chi connectivity index (χ2n) is 3.22. The van der Waals surface area contributed by atoms with Crippen LogP contribution in [0.1, 0.15) is 11.7 Å². The molecule has 0 aliphatic carbocycles. The molecule has 2 rings (SSSR count). The predicted octanol–water partition coefficient (Wildman–Crippen LogP) is 0.961. The van der Waals surface area contributed by atoms with Crippen LogP contribution in [0.2, 0.25) is 0 Å². The Kier molecular flexibility index (Phi) is 3.12. The van der Waals surface area contributed by atoms with Gasteiger partial charge in [-0.15, -0.1) is 0 Å². The summed E-state index contributed by atoms with van der Waals surface area (Å²) in [5.74, 6) is 0.779. The molecule has 0 unspecified atom stereocenters. The van der Waals surface area contributed by atoms with Crippen LogP contribution in [0.25, 0.3) is 0 Å². The fourth-order valence-corrected chi connectivity index (χ4v) is 1.19. The number of nitrogens with zero attached hydrogens (tertiary/aromatic N) is 4. The number of hydrogen-bond donors (Lipinski definition) is 2. The molecule has 0 amide bonds. The van der Waals surface area contributed by atoms with Crippen molar-refractivity contribution in [3.05, 3.63) is 23.7 Å². The van der Waals surface area contributed by atoms with Gasteiger partial charge in [0.25, 0.3) is 0 Å². The van der Waals surface area contributed by atoms with Crippen LogP contribution in [0.3, 0.4) is 0 Å². The van der Waals surface area contributed by atoms with Gasteiger partial charge in [-0.2, -0.15) is 9.97 Å². The van der Waals surface area contributed by atoms with E-state index in [-0.39, 0.29) is 12.4 Å². The van der Waals surface area contributed by atoms with Gasteiger partial charge in [-0.25, -0.2) is 9.37 Å². The molecule has 0 radical (unpaired) electrons. The fourth-order valence-electron chi connectivity index (χ4n) is 1.19. The summed E-state index contributed by atoms with van der Waals surface area (Å²) in [4.78, 5) is 11.6. The Morgan fingerprint density at radius 3 is 2.88 bits per heavy atom. The highest BCUT2D eigenvalue weighted by Crippen LogP contribution is 2.12. The molecule has 0 saturated carbocycles. The van der Waals surface area contributed by atoms with Crippen LogP contribution in [0, 0.1) is 12.7 Å². The molecule has 0 aromatic carbocycles. The van der Waals surface area contributed by atoms with Crippen LogP contribution in [-0.2, 0) is 6.54 Å². The van der Waals surface area contributed by atoms with Gasteiger partial charge in [0.1, 0.15) is 0 Å². The average molecular weight is 238 g/mol. The minimum Gasteiger partial charge on any atom is -0.360 e. The van der Waals surface area contributed by atoms with E-state index >= 15 is 0 Å². The van der Waals surface area contributed by atoms with Crippen LogP contribution < -0.4 is 10.6 Å². The maximum atomic E-state index is 13.3. The summed E-state index contributed by atoms with van der Waals surface area (Å²) >= 11 is 0. The van der Waals surface area contributed by atoms with Gasteiger partial charge in [0.2, 0.25) is 11.8 Å². The summed E-state index contributed by atoms with van der Waals surface area (Å²) in [5, 5.41) is 9.16. The van der Waals surface area contributed by atoms with E-state index in [0.29, 0.717) is 17.7 Å². The Hall–Kier alpha value is -2.25. The molecule has 2 aromatic heterocycles. The minimum atomic E-state index is -0.538. The first-order valence-corrected chi connectivity index (χ1v) is 4.92. The third-order valence-corrected chi connectivity index (χ3v) is 1.95. The lowest BCUT2D eigenvalue weighted by atomic mass is 10.5. The molecule has 2 heterocycles. The number of aromatic nitrogens is 4. The van der Waals surface area contributed by atoms with Crippen LogP contribution in [0.4, 0.5) is 16.2 Å². The van der Waals surface area contributed by atoms with Gasteiger partial charge >= 0.3 is 0 Å². The molecule has 0 spiro atoms. The number of nitrogens with one attached hydrogen (secondary N) is 2. The van der Waals surface area contributed by atoms with Crippen molar-refractivity contribution in [2.24, 2.45) is 0 Å². The molecule has 17 heavy (non-hydrogen) atoms. The average Bonchev–Trinajstić information content (AvgIpc) is 2.74. The van der Waals surface area contributed by atoms with Crippen LogP contribution in [-0.4, -0.2) is 27.2 Å². The first-order chi connectivity index (χ1) is 8.19. The lowest BCUT2D eigenvalue weighted by molar-refractivity contribution is 0.388. The van der Waals surface area contributed by atoms with Crippen molar-refractivity contribution >= 4 is 11.8 Å². The number of rotatable bonds is 4. The molecule has 0 atom stereocenters. The highest BCUT2D eigenvalue weighted by Gasteiger charge is 2.08. The molecule has 7 nitrogen and oxygen atoms in total. The Morgan fingerprint density at radius 2 is 2.24 bits per heavy atom. The highest BCUT2D eigenvalue weighted by molar-refractivity contribution is 5.40. The lowest BCUT2D eigenvalue weighted by Gasteiger charge is -2.05. The van der Waals surface area contributed by atoms with E-state index < -0.39 is 5.82 Å². The van der Waals surface area contributed by atoms with Gasteiger partial charge in [0.05, 0.1) is 12.7 Å². The molecule has 0 saturated heterocycles. The first-order valence-electron chi connectivity index (χ1n) is 4.92. The van der Waals surface area contributed by atoms with Crippen molar-refractivity contribution in [2.75, 3.05) is 17.7 Å². The van der Waals surface area contributed by atoms with Gasteiger partial charge in [0.15, 0.2) is 17.5 Å². The zero-order chi connectivity index (χ0) is 12.3. The summed E-state index contributed by atoms with van der Waals surface area (Å²) in [7, 11) is 1.65. The number of anilines is 2. The van der Waals surface area contributed by atoms with E-state index in [1.54, 1.807) is 14.0 Å². The molecule has 0 aliphatic rings. The summed E-state index contributed by atoms with van der Waals surface area (Å²) < 4.78 is 18.1. The molecular formula is C9H11FN6O. The molecule has 2 N–H and O–H groups in total. The Bertz CT molecular complexity index is 514. The Balaban J connectivity index is 2.07. The van der Waals surface area contributed by atoms with Crippen LogP contribution in [0.15, 0.2) is 10.7 Å². The number of hydrogen-bond acceptors (Lipinski definition) is 7. The predicted molar refractivity (Wildman–Crippen MR) is 57.9 cm³/mol. The second kappa shape index (κ2) is 4.73. The van der Waals surface area contributed by atoms with Gasteiger partial charge in [-0.1, -0.05) is 5.16 Å². The topological polar surface area (TPSA) is 88.8 Å². The molecule has 8 heteroatoms. The van der Waals surface area contributed by atoms with E-state index in [2.05, 4.69) is 30.7 Å². The maximum Gasteiger partial charge on any atom is 0.224 e. The standard InChI is InChI=1S/C9H11FN6O/c1-5-14-7(16-17-5)4-12-8-6(10)3-13-9(11-2)15-8/h3H,4H2,1-2H3,(H2,11,12,13,15). The monoisotopic (exact) mass is 238 g/mol. The smallest absolute Gasteiger partial charge is 0.224 e. The van der Waals surface area contributed by atoms with Gasteiger partial charge < -0.3 is 15.2 Å². The molecule has 0 bridgehead atoms. The van der Waals surface area contributed by atoms with E-state index in [9.17, 15) is 4.39 Å². The summed E-state index contributed by atoms with van der Waals surface area (Å²) in [6.45, 7) is 1.91. The number of aryl methyl sites for hydroxylation is 1. The third kappa shape index (κ3) is 2.65. The van der Waals surface area contributed by atoms with E-state index in [1.807, 2.05) is 0 Å². The lowest BCUT2D eigenvalue weighted by Crippen LogP contribution is -2.07. The van der Waals surface area contributed by atoms with Gasteiger partial charge in [-0.05, 0) is 0 Å². The van der Waals surface area contributed by atoms with Crippen molar-refractivity contribution in [1.82, 2.24) is 20.1 Å². The Morgan fingerprint density at radius 1 is 1.41 bits per heavy atom. The summed E-state index contributed by atoms with van der Waals surface area (Å²) in [6.07, 6.45) is 1.09. The van der Waals surface area contributed by atoms with E-state index in [0.717, 1.165) is 6.20 Å². The van der Waals surface area contributed by atoms with Crippen molar-refractivity contribution in [1.29, 1.82) is 0 Å². The van der Waals surface area contributed by atoms with Crippen molar-refractivity contribution in [3.63, 3.8) is 0 Å². The van der Waals surface area contributed by atoms with Crippen LogP contribution >= 0.6 is 0 Å². The molecule has 90 valence electrons. The van der Waals surface area contributed by atoms with Gasteiger partial charge in [-0.3, -0.25) is 0 Å². The third-order valence-electron chi connectivity index (χ3n) is 1.95.